The molecular formula is C18H21N3O3. The SMILES string of the molecule is Cc1ccccc1-n1ncc(C(=O)N2CCCC2CC(=O)O)c1C. The number of carboxylic acids is 1. The van der Waals surface area contributed by atoms with E-state index in [-0.39, 0.29) is 18.4 Å². The third kappa shape index (κ3) is 2.91. The van der Waals surface area contributed by atoms with Crippen LogP contribution in [0.15, 0.2) is 30.5 Å². The molecule has 0 radical (unpaired) electrons. The maximum atomic E-state index is 12.9. The van der Waals surface area contributed by atoms with Gasteiger partial charge in [0.2, 0.25) is 0 Å². The number of amides is 1. The van der Waals surface area contributed by atoms with Gasteiger partial charge in [-0.3, -0.25) is 9.59 Å². The summed E-state index contributed by atoms with van der Waals surface area (Å²) in [5.74, 6) is -0.997. The number of carbonyl (C=O) groups is 2. The van der Waals surface area contributed by atoms with Crippen molar-refractivity contribution in [1.29, 1.82) is 0 Å². The molecule has 24 heavy (non-hydrogen) atoms. The average Bonchev–Trinajstić information content (AvgIpc) is 3.13. The fourth-order valence-electron chi connectivity index (χ4n) is 3.34. The number of likely N-dealkylation sites (tertiary alicyclic amines) is 1. The van der Waals surface area contributed by atoms with Crippen molar-refractivity contribution in [2.75, 3.05) is 6.54 Å². The molecule has 3 rings (SSSR count). The largest absolute Gasteiger partial charge is 0.481 e. The normalized spacial score (nSPS) is 17.2. The van der Waals surface area contributed by atoms with E-state index in [0.717, 1.165) is 29.8 Å². The third-order valence-corrected chi connectivity index (χ3v) is 4.63. The van der Waals surface area contributed by atoms with E-state index in [9.17, 15) is 9.59 Å². The molecule has 0 saturated carbocycles. The van der Waals surface area contributed by atoms with Crippen LogP contribution in [0.2, 0.25) is 0 Å². The molecule has 2 aromatic rings. The van der Waals surface area contributed by atoms with Gasteiger partial charge in [0.15, 0.2) is 0 Å². The topological polar surface area (TPSA) is 75.4 Å². The first-order valence-electron chi connectivity index (χ1n) is 8.12. The fourth-order valence-corrected chi connectivity index (χ4v) is 3.34. The number of nitrogens with zero attached hydrogens (tertiary/aromatic N) is 3. The zero-order valence-electron chi connectivity index (χ0n) is 13.9. The number of carbonyl (C=O) groups excluding carboxylic acids is 1. The highest BCUT2D eigenvalue weighted by atomic mass is 16.4. The summed E-state index contributed by atoms with van der Waals surface area (Å²) in [7, 11) is 0. The van der Waals surface area contributed by atoms with E-state index in [0.29, 0.717) is 12.1 Å². The number of aliphatic carboxylic acids is 1. The summed E-state index contributed by atoms with van der Waals surface area (Å²) in [5, 5.41) is 13.4. The van der Waals surface area contributed by atoms with Gasteiger partial charge in [-0.1, -0.05) is 18.2 Å². The van der Waals surface area contributed by atoms with Crippen LogP contribution >= 0.6 is 0 Å². The van der Waals surface area contributed by atoms with Gasteiger partial charge in [-0.25, -0.2) is 4.68 Å². The Morgan fingerprint density at radius 3 is 2.75 bits per heavy atom. The molecule has 1 aliphatic heterocycles. The van der Waals surface area contributed by atoms with Crippen molar-refractivity contribution in [2.45, 2.75) is 39.2 Å². The Balaban J connectivity index is 1.89. The summed E-state index contributed by atoms with van der Waals surface area (Å²) in [5.41, 5.74) is 3.33. The van der Waals surface area contributed by atoms with Gasteiger partial charge < -0.3 is 10.0 Å². The highest BCUT2D eigenvalue weighted by Crippen LogP contribution is 2.25. The molecule has 1 fully saturated rings. The summed E-state index contributed by atoms with van der Waals surface area (Å²) in [6.45, 7) is 4.47. The average molecular weight is 327 g/mol. The van der Waals surface area contributed by atoms with Crippen LogP contribution in [0.25, 0.3) is 5.69 Å². The Kier molecular flexibility index (Phi) is 4.38. The lowest BCUT2D eigenvalue weighted by Crippen LogP contribution is -2.37. The number of benzene rings is 1. The fraction of sp³-hybridized carbons (Fsp3) is 0.389. The second kappa shape index (κ2) is 6.47. The van der Waals surface area contributed by atoms with Crippen molar-refractivity contribution in [3.8, 4) is 5.69 Å². The van der Waals surface area contributed by atoms with Crippen LogP contribution in [-0.4, -0.2) is 44.3 Å². The molecule has 1 atom stereocenters. The van der Waals surface area contributed by atoms with Crippen LogP contribution in [0.4, 0.5) is 0 Å². The quantitative estimate of drug-likeness (QED) is 0.936. The van der Waals surface area contributed by atoms with Gasteiger partial charge in [0, 0.05) is 12.6 Å². The monoisotopic (exact) mass is 327 g/mol. The molecule has 1 aliphatic rings. The second-order valence-electron chi connectivity index (χ2n) is 6.23. The molecule has 6 heteroatoms. The van der Waals surface area contributed by atoms with Gasteiger partial charge in [-0.2, -0.15) is 5.10 Å². The molecule has 1 amide bonds. The minimum Gasteiger partial charge on any atom is -0.481 e. The summed E-state index contributed by atoms with van der Waals surface area (Å²) in [6.07, 6.45) is 3.16. The summed E-state index contributed by atoms with van der Waals surface area (Å²) < 4.78 is 1.77. The Morgan fingerprint density at radius 1 is 1.29 bits per heavy atom. The van der Waals surface area contributed by atoms with Crippen molar-refractivity contribution in [3.63, 3.8) is 0 Å². The minimum absolute atomic E-state index is 0.00326. The molecule has 0 bridgehead atoms. The zero-order valence-corrected chi connectivity index (χ0v) is 13.9. The summed E-state index contributed by atoms with van der Waals surface area (Å²) >= 11 is 0. The summed E-state index contributed by atoms with van der Waals surface area (Å²) in [4.78, 5) is 25.5. The Hall–Kier alpha value is -2.63. The number of carboxylic acid groups (broad SMARTS) is 1. The van der Waals surface area contributed by atoms with Crippen molar-refractivity contribution in [3.05, 3.63) is 47.3 Å². The molecule has 1 N–H and O–H groups in total. The van der Waals surface area contributed by atoms with Crippen LogP contribution in [0.5, 0.6) is 0 Å². The van der Waals surface area contributed by atoms with Crippen LogP contribution in [0.1, 0.15) is 40.9 Å². The van der Waals surface area contributed by atoms with E-state index in [2.05, 4.69) is 5.10 Å². The molecule has 1 aromatic heterocycles. The maximum Gasteiger partial charge on any atom is 0.305 e. The van der Waals surface area contributed by atoms with Gasteiger partial charge in [-0.15, -0.1) is 0 Å². The van der Waals surface area contributed by atoms with Gasteiger partial charge in [0.05, 0.1) is 29.6 Å². The van der Waals surface area contributed by atoms with Gasteiger partial charge >= 0.3 is 5.97 Å². The molecule has 0 spiro atoms. The predicted octanol–water partition coefficient (Wildman–Crippen LogP) is 2.57. The summed E-state index contributed by atoms with van der Waals surface area (Å²) in [6, 6.07) is 7.64. The number of hydrogen-bond acceptors (Lipinski definition) is 3. The smallest absolute Gasteiger partial charge is 0.305 e. The van der Waals surface area contributed by atoms with E-state index in [4.69, 9.17) is 5.11 Å². The van der Waals surface area contributed by atoms with E-state index < -0.39 is 5.97 Å². The molecule has 1 aromatic carbocycles. The standard InChI is InChI=1S/C18H21N3O3/c1-12-6-3-4-8-16(12)21-13(2)15(11-19-21)18(24)20-9-5-7-14(20)10-17(22)23/h3-4,6,8,11,14H,5,7,9-10H2,1-2H3,(H,22,23). The maximum absolute atomic E-state index is 12.9. The number of para-hydroxylation sites is 1. The predicted molar refractivity (Wildman–Crippen MR) is 89.3 cm³/mol. The van der Waals surface area contributed by atoms with Crippen LogP contribution in [-0.2, 0) is 4.79 Å². The van der Waals surface area contributed by atoms with Crippen LogP contribution in [0, 0.1) is 13.8 Å². The molecular weight excluding hydrogens is 306 g/mol. The van der Waals surface area contributed by atoms with Gasteiger partial charge in [0.25, 0.3) is 5.91 Å². The van der Waals surface area contributed by atoms with E-state index in [1.165, 1.54) is 0 Å². The Morgan fingerprint density at radius 2 is 2.04 bits per heavy atom. The minimum atomic E-state index is -0.868. The van der Waals surface area contributed by atoms with Crippen molar-refractivity contribution in [1.82, 2.24) is 14.7 Å². The van der Waals surface area contributed by atoms with Crippen molar-refractivity contribution < 1.29 is 14.7 Å². The lowest BCUT2D eigenvalue weighted by molar-refractivity contribution is -0.137. The van der Waals surface area contributed by atoms with Crippen LogP contribution < -0.4 is 0 Å². The first kappa shape index (κ1) is 16.2. The highest BCUT2D eigenvalue weighted by Gasteiger charge is 2.32. The number of aromatic nitrogens is 2. The number of aryl methyl sites for hydroxylation is 1. The molecule has 2 heterocycles. The first-order valence-corrected chi connectivity index (χ1v) is 8.12. The van der Waals surface area contributed by atoms with Gasteiger partial charge in [-0.05, 0) is 38.3 Å². The van der Waals surface area contributed by atoms with Crippen molar-refractivity contribution >= 4 is 11.9 Å². The lowest BCUT2D eigenvalue weighted by atomic mass is 10.1. The van der Waals surface area contributed by atoms with Crippen LogP contribution in [0.3, 0.4) is 0 Å². The third-order valence-electron chi connectivity index (χ3n) is 4.63. The van der Waals surface area contributed by atoms with E-state index in [1.807, 2.05) is 38.1 Å². The molecule has 0 aliphatic carbocycles. The molecule has 1 saturated heterocycles. The highest BCUT2D eigenvalue weighted by molar-refractivity contribution is 5.95. The number of hydrogen-bond donors (Lipinski definition) is 1. The lowest BCUT2D eigenvalue weighted by Gasteiger charge is -2.23. The first-order chi connectivity index (χ1) is 11.5. The van der Waals surface area contributed by atoms with Gasteiger partial charge in [0.1, 0.15) is 0 Å². The zero-order chi connectivity index (χ0) is 17.3. The Labute approximate surface area is 140 Å². The van der Waals surface area contributed by atoms with Crippen molar-refractivity contribution in [2.24, 2.45) is 0 Å². The molecule has 6 nitrogen and oxygen atoms in total. The van der Waals surface area contributed by atoms with E-state index >= 15 is 0 Å². The number of rotatable bonds is 4. The second-order valence-corrected chi connectivity index (χ2v) is 6.23. The Bertz CT molecular complexity index is 782. The van der Waals surface area contributed by atoms with E-state index in [1.54, 1.807) is 15.8 Å². The molecule has 126 valence electrons. The molecule has 1 unspecified atom stereocenters.